The van der Waals surface area contributed by atoms with Gasteiger partial charge in [0, 0.05) is 23.1 Å². The van der Waals surface area contributed by atoms with E-state index in [1.807, 2.05) is 0 Å². The Kier molecular flexibility index (Phi) is 4.30. The van der Waals surface area contributed by atoms with Gasteiger partial charge >= 0.3 is 0 Å². The molecule has 0 unspecified atom stereocenters. The molecule has 118 valence electrons. The molecule has 0 saturated heterocycles. The number of hydrogen-bond donors (Lipinski definition) is 2. The third-order valence-electron chi connectivity index (χ3n) is 2.96. The normalized spacial score (nSPS) is 10.5. The molecule has 3 heterocycles. The number of hydrogen-bond acceptors (Lipinski definition) is 5. The minimum Gasteiger partial charge on any atom is -0.462 e. The van der Waals surface area contributed by atoms with Crippen LogP contribution in [0.1, 0.15) is 21.0 Å². The van der Waals surface area contributed by atoms with Crippen molar-refractivity contribution >= 4 is 39.1 Å². The molecule has 0 aliphatic rings. The molecule has 0 saturated carbocycles. The second-order valence-electron chi connectivity index (χ2n) is 4.58. The smallest absolute Gasteiger partial charge is 0.289 e. The first-order valence-electron chi connectivity index (χ1n) is 6.46. The number of nitrogens with zero attached hydrogens (tertiary/aromatic N) is 2. The number of halogens is 1. The van der Waals surface area contributed by atoms with Gasteiger partial charge in [-0.05, 0) is 34.1 Å². The average molecular weight is 395 g/mol. The molecule has 0 aliphatic heterocycles. The minimum atomic E-state index is -0.499. The minimum absolute atomic E-state index is 0.203. The van der Waals surface area contributed by atoms with Crippen molar-refractivity contribution < 1.29 is 14.0 Å². The van der Waals surface area contributed by atoms with Crippen molar-refractivity contribution in [2.24, 2.45) is 7.05 Å². The molecule has 7 nitrogen and oxygen atoms in total. The first kappa shape index (κ1) is 15.5. The third-order valence-corrected chi connectivity index (χ3v) is 4.25. The molecule has 3 aromatic rings. The number of furan rings is 1. The van der Waals surface area contributed by atoms with Crippen LogP contribution in [-0.2, 0) is 7.05 Å². The van der Waals surface area contributed by atoms with Crippen molar-refractivity contribution in [3.63, 3.8) is 0 Å². The highest BCUT2D eigenvalue weighted by Crippen LogP contribution is 2.23. The maximum atomic E-state index is 12.0. The van der Waals surface area contributed by atoms with E-state index in [4.69, 9.17) is 4.42 Å². The number of aromatic nitrogens is 2. The standard InChI is InChI=1S/C14H11BrN4O3S/c1-19-6-8(15)5-10(19)13(21)18-17-12(20)9-7-23-14(16-9)11-3-2-4-22-11/h2-7H,1H3,(H,17,20)(H,18,21). The Morgan fingerprint density at radius 2 is 2.13 bits per heavy atom. The van der Waals surface area contributed by atoms with Crippen LogP contribution in [0.15, 0.2) is 44.9 Å². The number of nitrogens with one attached hydrogen (secondary N) is 2. The summed E-state index contributed by atoms with van der Waals surface area (Å²) in [6, 6.07) is 5.16. The Bertz CT molecular complexity index is 853. The van der Waals surface area contributed by atoms with E-state index < -0.39 is 11.8 Å². The maximum absolute atomic E-state index is 12.0. The first-order chi connectivity index (χ1) is 11.0. The van der Waals surface area contributed by atoms with Crippen molar-refractivity contribution in [3.8, 4) is 10.8 Å². The van der Waals surface area contributed by atoms with Crippen LogP contribution in [0.3, 0.4) is 0 Å². The molecule has 0 aromatic carbocycles. The van der Waals surface area contributed by atoms with Gasteiger partial charge in [0.2, 0.25) is 0 Å². The van der Waals surface area contributed by atoms with Gasteiger partial charge in [-0.25, -0.2) is 4.98 Å². The number of rotatable bonds is 3. The lowest BCUT2D eigenvalue weighted by atomic mass is 10.4. The predicted molar refractivity (Wildman–Crippen MR) is 87.9 cm³/mol. The lowest BCUT2D eigenvalue weighted by molar-refractivity contribution is 0.0840. The summed E-state index contributed by atoms with van der Waals surface area (Å²) in [4.78, 5) is 28.2. The van der Waals surface area contributed by atoms with Crippen molar-refractivity contribution in [1.29, 1.82) is 0 Å². The van der Waals surface area contributed by atoms with Crippen LogP contribution < -0.4 is 10.9 Å². The molecule has 0 spiro atoms. The van der Waals surface area contributed by atoms with E-state index in [-0.39, 0.29) is 5.69 Å². The van der Waals surface area contributed by atoms with Gasteiger partial charge in [-0.15, -0.1) is 11.3 Å². The topological polar surface area (TPSA) is 89.2 Å². The van der Waals surface area contributed by atoms with Crippen molar-refractivity contribution in [3.05, 3.63) is 51.9 Å². The van der Waals surface area contributed by atoms with Gasteiger partial charge in [0.05, 0.1) is 6.26 Å². The lowest BCUT2D eigenvalue weighted by Crippen LogP contribution is -2.42. The highest BCUT2D eigenvalue weighted by Gasteiger charge is 2.15. The zero-order chi connectivity index (χ0) is 16.4. The molecule has 0 radical (unpaired) electrons. The summed E-state index contributed by atoms with van der Waals surface area (Å²) in [5.74, 6) is -0.333. The van der Waals surface area contributed by atoms with Crippen LogP contribution in [0.25, 0.3) is 10.8 Å². The lowest BCUT2D eigenvalue weighted by Gasteiger charge is -2.06. The molecule has 0 atom stereocenters. The average Bonchev–Trinajstić information content (AvgIpc) is 3.24. The van der Waals surface area contributed by atoms with Crippen LogP contribution in [0.2, 0.25) is 0 Å². The number of amides is 2. The highest BCUT2D eigenvalue weighted by molar-refractivity contribution is 9.10. The van der Waals surface area contributed by atoms with Crippen molar-refractivity contribution in [2.75, 3.05) is 0 Å². The number of hydrazine groups is 1. The van der Waals surface area contributed by atoms with E-state index in [2.05, 4.69) is 31.8 Å². The number of aryl methyl sites for hydroxylation is 1. The Balaban J connectivity index is 1.63. The SMILES string of the molecule is Cn1cc(Br)cc1C(=O)NNC(=O)c1csc(-c2ccco2)n1. The van der Waals surface area contributed by atoms with Crippen LogP contribution in [-0.4, -0.2) is 21.4 Å². The van der Waals surface area contributed by atoms with Gasteiger partial charge < -0.3 is 8.98 Å². The molecular weight excluding hydrogens is 384 g/mol. The van der Waals surface area contributed by atoms with Gasteiger partial charge in [0.15, 0.2) is 10.8 Å². The Labute approximate surface area is 143 Å². The molecule has 2 N–H and O–H groups in total. The summed E-state index contributed by atoms with van der Waals surface area (Å²) in [5.41, 5.74) is 5.31. The van der Waals surface area contributed by atoms with E-state index in [9.17, 15) is 9.59 Å². The molecule has 23 heavy (non-hydrogen) atoms. The van der Waals surface area contributed by atoms with Crippen molar-refractivity contribution in [1.82, 2.24) is 20.4 Å². The molecule has 0 bridgehead atoms. The largest absolute Gasteiger partial charge is 0.462 e. The number of carbonyl (C=O) groups excluding carboxylic acids is 2. The summed E-state index contributed by atoms with van der Waals surface area (Å²) in [6.45, 7) is 0. The first-order valence-corrected chi connectivity index (χ1v) is 8.14. The third kappa shape index (κ3) is 3.35. The monoisotopic (exact) mass is 394 g/mol. The Morgan fingerprint density at radius 3 is 2.78 bits per heavy atom. The summed E-state index contributed by atoms with van der Waals surface area (Å²) >= 11 is 4.57. The van der Waals surface area contributed by atoms with Gasteiger partial charge in [-0.1, -0.05) is 0 Å². The van der Waals surface area contributed by atoms with Crippen LogP contribution in [0.5, 0.6) is 0 Å². The van der Waals surface area contributed by atoms with Crippen LogP contribution in [0, 0.1) is 0 Å². The second-order valence-corrected chi connectivity index (χ2v) is 6.35. The van der Waals surface area contributed by atoms with Gasteiger partial charge in [-0.2, -0.15) is 0 Å². The van der Waals surface area contributed by atoms with Crippen LogP contribution >= 0.6 is 27.3 Å². The van der Waals surface area contributed by atoms with E-state index >= 15 is 0 Å². The molecule has 9 heteroatoms. The molecular formula is C14H11BrN4O3S. The molecule has 3 rings (SSSR count). The molecule has 2 amide bonds. The van der Waals surface area contributed by atoms with Gasteiger partial charge in [-0.3, -0.25) is 20.4 Å². The zero-order valence-corrected chi connectivity index (χ0v) is 14.3. The van der Waals surface area contributed by atoms with Gasteiger partial charge in [0.25, 0.3) is 11.8 Å². The second kappa shape index (κ2) is 6.39. The highest BCUT2D eigenvalue weighted by atomic mass is 79.9. The van der Waals surface area contributed by atoms with E-state index in [0.29, 0.717) is 16.5 Å². The fourth-order valence-corrected chi connectivity index (χ4v) is 3.17. The van der Waals surface area contributed by atoms with Crippen molar-refractivity contribution in [2.45, 2.75) is 0 Å². The van der Waals surface area contributed by atoms with Gasteiger partial charge in [0.1, 0.15) is 11.4 Å². The number of thiazole rings is 1. The number of carbonyl (C=O) groups is 2. The van der Waals surface area contributed by atoms with E-state index in [1.54, 1.807) is 41.4 Å². The van der Waals surface area contributed by atoms with E-state index in [1.165, 1.54) is 17.6 Å². The summed E-state index contributed by atoms with van der Waals surface area (Å²) in [6.07, 6.45) is 3.28. The molecule has 3 aromatic heterocycles. The summed E-state index contributed by atoms with van der Waals surface area (Å²) in [7, 11) is 1.73. The van der Waals surface area contributed by atoms with E-state index in [0.717, 1.165) is 4.47 Å². The Morgan fingerprint density at radius 1 is 1.35 bits per heavy atom. The Hall–Kier alpha value is -2.39. The van der Waals surface area contributed by atoms with Crippen LogP contribution in [0.4, 0.5) is 0 Å². The fraction of sp³-hybridized carbons (Fsp3) is 0.0714. The fourth-order valence-electron chi connectivity index (χ4n) is 1.88. The predicted octanol–water partition coefficient (Wildman–Crippen LogP) is 2.58. The maximum Gasteiger partial charge on any atom is 0.289 e. The zero-order valence-electron chi connectivity index (χ0n) is 11.9. The molecule has 0 aliphatic carbocycles. The summed E-state index contributed by atoms with van der Waals surface area (Å²) < 4.78 is 7.64. The molecule has 0 fully saturated rings. The quantitative estimate of drug-likeness (QED) is 0.668. The summed E-state index contributed by atoms with van der Waals surface area (Å²) in [5, 5.41) is 2.19.